The first-order chi connectivity index (χ1) is 10.3. The van der Waals surface area contributed by atoms with E-state index in [1.807, 2.05) is 10.3 Å². The lowest BCUT2D eigenvalue weighted by atomic mass is 10.1. The summed E-state index contributed by atoms with van der Waals surface area (Å²) in [6.45, 7) is 4.68. The van der Waals surface area contributed by atoms with Gasteiger partial charge in [-0.2, -0.15) is 0 Å². The smallest absolute Gasteiger partial charge is 0.273 e. The number of amides is 1. The zero-order valence-electron chi connectivity index (χ0n) is 13.3. The van der Waals surface area contributed by atoms with E-state index in [1.165, 1.54) is 43.7 Å². The molecule has 0 spiro atoms. The number of likely N-dealkylation sites (tertiary alicyclic amines) is 2. The molecule has 2 saturated heterocycles. The number of rotatable bonds is 4. The van der Waals surface area contributed by atoms with Crippen LogP contribution in [0, 0.1) is 0 Å². The lowest BCUT2D eigenvalue weighted by Crippen LogP contribution is -2.44. The van der Waals surface area contributed by atoms with Gasteiger partial charge in [0.05, 0.1) is 0 Å². The van der Waals surface area contributed by atoms with Crippen molar-refractivity contribution in [3.05, 3.63) is 16.1 Å². The highest BCUT2D eigenvalue weighted by Crippen LogP contribution is 2.23. The van der Waals surface area contributed by atoms with Crippen LogP contribution in [0.1, 0.15) is 47.6 Å². The van der Waals surface area contributed by atoms with Gasteiger partial charge in [-0.3, -0.25) is 4.79 Å². The summed E-state index contributed by atoms with van der Waals surface area (Å²) in [7, 11) is 0. The van der Waals surface area contributed by atoms with Crippen LogP contribution in [-0.4, -0.2) is 52.9 Å². The van der Waals surface area contributed by atoms with Gasteiger partial charge in [-0.05, 0) is 38.8 Å². The maximum Gasteiger partial charge on any atom is 0.273 e. The molecule has 23 heavy (non-hydrogen) atoms. The quantitative estimate of drug-likeness (QED) is 0.871. The standard InChI is InChI=1S/C15H24N4OS.2ClH/c16-9-14-17-13(11-21-14)15(20)19-8-4-5-12(19)10-18-6-2-1-3-7-18;;/h11-12H,1-10,16H2;2*1H. The van der Waals surface area contributed by atoms with Crippen LogP contribution in [0.2, 0.25) is 0 Å². The monoisotopic (exact) mass is 380 g/mol. The summed E-state index contributed by atoms with van der Waals surface area (Å²) in [5, 5.41) is 2.69. The highest BCUT2D eigenvalue weighted by molar-refractivity contribution is 7.09. The van der Waals surface area contributed by atoms with Gasteiger partial charge >= 0.3 is 0 Å². The fourth-order valence-electron chi connectivity index (χ4n) is 3.38. The zero-order valence-corrected chi connectivity index (χ0v) is 15.7. The van der Waals surface area contributed by atoms with Crippen molar-refractivity contribution < 1.29 is 4.79 Å². The van der Waals surface area contributed by atoms with E-state index in [0.29, 0.717) is 18.3 Å². The number of thiazole rings is 1. The number of aromatic nitrogens is 1. The van der Waals surface area contributed by atoms with Gasteiger partial charge in [0, 0.05) is 31.1 Å². The normalized spacial score (nSPS) is 21.6. The van der Waals surface area contributed by atoms with Crippen LogP contribution in [0.25, 0.3) is 0 Å². The van der Waals surface area contributed by atoms with Crippen LogP contribution in [-0.2, 0) is 6.54 Å². The van der Waals surface area contributed by atoms with Gasteiger partial charge in [-0.25, -0.2) is 4.98 Å². The molecule has 1 amide bonds. The molecule has 132 valence electrons. The van der Waals surface area contributed by atoms with Crippen LogP contribution in [0.5, 0.6) is 0 Å². The van der Waals surface area contributed by atoms with E-state index in [4.69, 9.17) is 5.73 Å². The number of hydrogen-bond acceptors (Lipinski definition) is 5. The Morgan fingerprint density at radius 3 is 2.61 bits per heavy atom. The third-order valence-electron chi connectivity index (χ3n) is 4.50. The number of carbonyl (C=O) groups is 1. The molecule has 2 N–H and O–H groups in total. The topological polar surface area (TPSA) is 62.5 Å². The van der Waals surface area contributed by atoms with E-state index in [1.54, 1.807) is 0 Å². The predicted octanol–water partition coefficient (Wildman–Crippen LogP) is 2.54. The van der Waals surface area contributed by atoms with E-state index in [0.717, 1.165) is 30.9 Å². The first kappa shape index (κ1) is 20.6. The molecular formula is C15H26Cl2N4OS. The lowest BCUT2D eigenvalue weighted by molar-refractivity contribution is 0.0685. The summed E-state index contributed by atoms with van der Waals surface area (Å²) in [6.07, 6.45) is 6.18. The number of hydrogen-bond donors (Lipinski definition) is 1. The molecule has 5 nitrogen and oxygen atoms in total. The van der Waals surface area contributed by atoms with Gasteiger partial charge in [0.25, 0.3) is 5.91 Å². The van der Waals surface area contributed by atoms with Crippen LogP contribution in [0.4, 0.5) is 0 Å². The Labute approximate surface area is 154 Å². The minimum atomic E-state index is 0. The predicted molar refractivity (Wildman–Crippen MR) is 98.9 cm³/mol. The van der Waals surface area contributed by atoms with Crippen LogP contribution >= 0.6 is 36.2 Å². The average Bonchev–Trinajstić information content (AvgIpc) is 3.16. The SMILES string of the molecule is Cl.Cl.NCc1nc(C(=O)N2CCCC2CN2CCCCC2)cs1. The summed E-state index contributed by atoms with van der Waals surface area (Å²) in [5.41, 5.74) is 6.16. The summed E-state index contributed by atoms with van der Waals surface area (Å²) in [6, 6.07) is 0.360. The van der Waals surface area contributed by atoms with Gasteiger partial charge in [0.15, 0.2) is 0 Å². The largest absolute Gasteiger partial charge is 0.333 e. The Morgan fingerprint density at radius 1 is 1.22 bits per heavy atom. The highest BCUT2D eigenvalue weighted by Gasteiger charge is 2.32. The van der Waals surface area contributed by atoms with Crippen LogP contribution in [0.3, 0.4) is 0 Å². The third-order valence-corrected chi connectivity index (χ3v) is 5.37. The summed E-state index contributed by atoms with van der Waals surface area (Å²) in [5.74, 6) is 0.0884. The van der Waals surface area contributed by atoms with Crippen LogP contribution in [0.15, 0.2) is 5.38 Å². The minimum absolute atomic E-state index is 0. The molecule has 3 rings (SSSR count). The first-order valence-corrected chi connectivity index (χ1v) is 8.83. The molecule has 3 heterocycles. The molecule has 2 fully saturated rings. The van der Waals surface area contributed by atoms with E-state index in [9.17, 15) is 4.79 Å². The second-order valence-electron chi connectivity index (χ2n) is 5.99. The van der Waals surface area contributed by atoms with Gasteiger partial charge < -0.3 is 15.5 Å². The maximum absolute atomic E-state index is 12.6. The van der Waals surface area contributed by atoms with Crippen molar-refractivity contribution in [3.63, 3.8) is 0 Å². The first-order valence-electron chi connectivity index (χ1n) is 7.95. The average molecular weight is 381 g/mol. The van der Waals surface area contributed by atoms with E-state index >= 15 is 0 Å². The Kier molecular flexibility index (Phi) is 8.79. The Morgan fingerprint density at radius 2 is 1.96 bits per heavy atom. The molecule has 0 bridgehead atoms. The molecule has 0 aliphatic carbocycles. The van der Waals surface area contributed by atoms with Crippen molar-refractivity contribution in [2.45, 2.75) is 44.7 Å². The van der Waals surface area contributed by atoms with Crippen molar-refractivity contribution in [3.8, 4) is 0 Å². The number of carbonyl (C=O) groups excluding carboxylic acids is 1. The molecule has 1 aromatic heterocycles. The molecular weight excluding hydrogens is 355 g/mol. The molecule has 0 radical (unpaired) electrons. The molecule has 1 unspecified atom stereocenters. The van der Waals surface area contributed by atoms with E-state index in [-0.39, 0.29) is 30.7 Å². The second kappa shape index (κ2) is 9.79. The van der Waals surface area contributed by atoms with Gasteiger partial charge in [-0.15, -0.1) is 36.2 Å². The van der Waals surface area contributed by atoms with Crippen molar-refractivity contribution in [1.82, 2.24) is 14.8 Å². The van der Waals surface area contributed by atoms with Crippen molar-refractivity contribution in [2.24, 2.45) is 5.73 Å². The molecule has 2 aliphatic heterocycles. The summed E-state index contributed by atoms with van der Waals surface area (Å²) in [4.78, 5) is 21.5. The molecule has 1 atom stereocenters. The van der Waals surface area contributed by atoms with Crippen LogP contribution < -0.4 is 5.73 Å². The Bertz CT molecular complexity index is 494. The minimum Gasteiger partial charge on any atom is -0.333 e. The zero-order chi connectivity index (χ0) is 14.7. The van der Waals surface area contributed by atoms with Gasteiger partial charge in [0.2, 0.25) is 0 Å². The lowest BCUT2D eigenvalue weighted by Gasteiger charge is -2.32. The molecule has 1 aromatic rings. The fraction of sp³-hybridized carbons (Fsp3) is 0.733. The molecule has 2 aliphatic rings. The molecule has 0 saturated carbocycles. The van der Waals surface area contributed by atoms with Crippen molar-refractivity contribution in [1.29, 1.82) is 0 Å². The Balaban J connectivity index is 0.00000132. The van der Waals surface area contributed by atoms with Gasteiger partial charge in [-0.1, -0.05) is 6.42 Å². The summed E-state index contributed by atoms with van der Waals surface area (Å²) >= 11 is 1.48. The van der Waals surface area contributed by atoms with E-state index in [2.05, 4.69) is 9.88 Å². The third kappa shape index (κ3) is 5.03. The maximum atomic E-state index is 12.6. The molecule has 8 heteroatoms. The fourth-order valence-corrected chi connectivity index (χ4v) is 4.03. The van der Waals surface area contributed by atoms with Crippen molar-refractivity contribution >= 4 is 42.1 Å². The van der Waals surface area contributed by atoms with Crippen molar-refractivity contribution in [2.75, 3.05) is 26.2 Å². The Hall–Kier alpha value is -0.400. The number of nitrogens with zero attached hydrogens (tertiary/aromatic N) is 3. The second-order valence-corrected chi connectivity index (χ2v) is 6.93. The van der Waals surface area contributed by atoms with Gasteiger partial charge in [0.1, 0.15) is 10.7 Å². The van der Waals surface area contributed by atoms with E-state index < -0.39 is 0 Å². The summed E-state index contributed by atoms with van der Waals surface area (Å²) < 4.78 is 0. The number of piperidine rings is 1. The highest BCUT2D eigenvalue weighted by atomic mass is 35.5. The number of nitrogens with two attached hydrogens (primary N) is 1. The molecule has 0 aromatic carbocycles. The number of halogens is 2.